The Labute approximate surface area is 157 Å². The molecule has 1 saturated heterocycles. The third-order valence-corrected chi connectivity index (χ3v) is 6.35. The highest BCUT2D eigenvalue weighted by Gasteiger charge is 2.36. The molecule has 2 aliphatic rings. The molecule has 2 aromatic carbocycles. The first-order valence-corrected chi connectivity index (χ1v) is 10.2. The zero-order valence-electron chi connectivity index (χ0n) is 15.5. The maximum absolute atomic E-state index is 13.3. The largest absolute Gasteiger partial charge is 0.339 e. The van der Waals surface area contributed by atoms with Crippen molar-refractivity contribution in [1.82, 2.24) is 4.90 Å². The van der Waals surface area contributed by atoms with Crippen LogP contribution >= 0.6 is 0 Å². The highest BCUT2D eigenvalue weighted by molar-refractivity contribution is 5.78. The van der Waals surface area contributed by atoms with E-state index in [1.165, 1.54) is 49.7 Å². The van der Waals surface area contributed by atoms with Crippen LogP contribution in [0.3, 0.4) is 0 Å². The predicted octanol–water partition coefficient (Wildman–Crippen LogP) is 5.39. The molecule has 2 heteroatoms. The highest BCUT2D eigenvalue weighted by Crippen LogP contribution is 2.37. The maximum Gasteiger partial charge on any atom is 0.223 e. The van der Waals surface area contributed by atoms with Crippen molar-refractivity contribution in [2.75, 3.05) is 6.54 Å². The first-order valence-electron chi connectivity index (χ1n) is 10.2. The fourth-order valence-corrected chi connectivity index (χ4v) is 5.03. The third kappa shape index (κ3) is 3.70. The Hall–Kier alpha value is -2.09. The lowest BCUT2D eigenvalue weighted by Gasteiger charge is -2.44. The second-order valence-corrected chi connectivity index (χ2v) is 7.92. The number of piperidine rings is 1. The summed E-state index contributed by atoms with van der Waals surface area (Å²) in [6, 6.07) is 21.5. The average Bonchev–Trinajstić information content (AvgIpc) is 2.72. The van der Waals surface area contributed by atoms with Gasteiger partial charge in [0.1, 0.15) is 0 Å². The van der Waals surface area contributed by atoms with Crippen LogP contribution in [0.5, 0.6) is 0 Å². The molecule has 2 atom stereocenters. The molecule has 4 rings (SSSR count). The molecule has 2 aromatic rings. The van der Waals surface area contributed by atoms with Crippen molar-refractivity contribution in [2.45, 2.75) is 56.9 Å². The van der Waals surface area contributed by atoms with Gasteiger partial charge in [-0.15, -0.1) is 0 Å². The molecule has 2 nitrogen and oxygen atoms in total. The molecule has 1 heterocycles. The van der Waals surface area contributed by atoms with Gasteiger partial charge in [-0.2, -0.15) is 0 Å². The second kappa shape index (κ2) is 8.07. The molecule has 0 N–H and O–H groups in total. The smallest absolute Gasteiger partial charge is 0.223 e. The van der Waals surface area contributed by atoms with Gasteiger partial charge < -0.3 is 4.90 Å². The number of likely N-dealkylation sites (tertiary alicyclic amines) is 1. The summed E-state index contributed by atoms with van der Waals surface area (Å²) < 4.78 is 0. The number of rotatable bonds is 4. The van der Waals surface area contributed by atoms with Crippen molar-refractivity contribution in [3.63, 3.8) is 0 Å². The number of hydrogen-bond donors (Lipinski definition) is 0. The normalized spacial score (nSPS) is 22.9. The van der Waals surface area contributed by atoms with Gasteiger partial charge in [-0.3, -0.25) is 4.79 Å². The van der Waals surface area contributed by atoms with Crippen molar-refractivity contribution in [2.24, 2.45) is 5.92 Å². The molecule has 136 valence electrons. The van der Waals surface area contributed by atoms with Gasteiger partial charge >= 0.3 is 0 Å². The summed E-state index contributed by atoms with van der Waals surface area (Å²) in [7, 11) is 0. The van der Waals surface area contributed by atoms with E-state index in [9.17, 15) is 4.79 Å². The van der Waals surface area contributed by atoms with Crippen LogP contribution in [0.2, 0.25) is 0 Å². The van der Waals surface area contributed by atoms with Crippen molar-refractivity contribution < 1.29 is 4.79 Å². The minimum absolute atomic E-state index is 0.147. The van der Waals surface area contributed by atoms with Crippen molar-refractivity contribution in [3.05, 3.63) is 71.8 Å². The molecule has 0 spiro atoms. The van der Waals surface area contributed by atoms with E-state index in [0.717, 1.165) is 12.5 Å². The van der Waals surface area contributed by atoms with Gasteiger partial charge in [0.15, 0.2) is 0 Å². The molecule has 2 unspecified atom stereocenters. The van der Waals surface area contributed by atoms with Crippen LogP contribution < -0.4 is 0 Å². The van der Waals surface area contributed by atoms with E-state index in [-0.39, 0.29) is 5.92 Å². The van der Waals surface area contributed by atoms with E-state index < -0.39 is 0 Å². The van der Waals surface area contributed by atoms with Gasteiger partial charge in [0.05, 0.1) is 0 Å². The predicted molar refractivity (Wildman–Crippen MR) is 106 cm³/mol. The summed E-state index contributed by atoms with van der Waals surface area (Å²) >= 11 is 0. The fourth-order valence-electron chi connectivity index (χ4n) is 5.03. The highest BCUT2D eigenvalue weighted by atomic mass is 16.2. The molecular weight excluding hydrogens is 318 g/mol. The Kier molecular flexibility index (Phi) is 5.38. The van der Waals surface area contributed by atoms with Crippen LogP contribution in [0.4, 0.5) is 0 Å². The Morgan fingerprint density at radius 3 is 2.08 bits per heavy atom. The Morgan fingerprint density at radius 2 is 1.42 bits per heavy atom. The molecule has 0 bridgehead atoms. The number of fused-ring (bicyclic) bond motifs is 1. The molecule has 1 aliphatic heterocycles. The lowest BCUT2D eigenvalue weighted by molar-refractivity contribution is -0.137. The number of nitrogens with zero attached hydrogens (tertiary/aromatic N) is 1. The molecule has 1 amide bonds. The lowest BCUT2D eigenvalue weighted by Crippen LogP contribution is -2.49. The first kappa shape index (κ1) is 17.3. The standard InChI is InChI=1S/C24H29NO/c26-24(25-17-9-15-21-14-7-8-16-23(21)25)18-22(19-10-3-1-4-11-19)20-12-5-2-6-13-20/h1-6,10-13,21-23H,7-9,14-18H2. The van der Waals surface area contributed by atoms with Crippen LogP contribution in [0, 0.1) is 5.92 Å². The zero-order chi connectivity index (χ0) is 17.8. The number of amides is 1. The fraction of sp³-hybridized carbons (Fsp3) is 0.458. The van der Waals surface area contributed by atoms with Gasteiger partial charge in [0.25, 0.3) is 0 Å². The monoisotopic (exact) mass is 347 g/mol. The maximum atomic E-state index is 13.3. The Balaban J connectivity index is 1.56. The summed E-state index contributed by atoms with van der Waals surface area (Å²) in [6.07, 6.45) is 8.22. The van der Waals surface area contributed by atoms with E-state index in [2.05, 4.69) is 53.4 Å². The average molecular weight is 348 g/mol. The second-order valence-electron chi connectivity index (χ2n) is 7.92. The zero-order valence-corrected chi connectivity index (χ0v) is 15.5. The van der Waals surface area contributed by atoms with Crippen molar-refractivity contribution in [3.8, 4) is 0 Å². The van der Waals surface area contributed by atoms with Crippen LogP contribution in [-0.2, 0) is 4.79 Å². The van der Waals surface area contributed by atoms with E-state index >= 15 is 0 Å². The molecule has 1 saturated carbocycles. The van der Waals surface area contributed by atoms with E-state index in [4.69, 9.17) is 0 Å². The van der Waals surface area contributed by atoms with E-state index in [1.54, 1.807) is 0 Å². The lowest BCUT2D eigenvalue weighted by atomic mass is 9.78. The SMILES string of the molecule is O=C(CC(c1ccccc1)c1ccccc1)N1CCCC2CCCCC21. The first-order chi connectivity index (χ1) is 12.8. The summed E-state index contributed by atoms with van der Waals surface area (Å²) in [5.74, 6) is 1.24. The van der Waals surface area contributed by atoms with Crippen LogP contribution in [0.25, 0.3) is 0 Å². The Morgan fingerprint density at radius 1 is 0.846 bits per heavy atom. The summed E-state index contributed by atoms with van der Waals surface area (Å²) in [4.78, 5) is 15.6. The minimum Gasteiger partial charge on any atom is -0.339 e. The molecule has 2 fully saturated rings. The molecule has 1 aliphatic carbocycles. The number of carbonyl (C=O) groups is 1. The summed E-state index contributed by atoms with van der Waals surface area (Å²) in [5, 5.41) is 0. The van der Waals surface area contributed by atoms with Gasteiger partial charge in [0.2, 0.25) is 5.91 Å². The van der Waals surface area contributed by atoms with Gasteiger partial charge in [-0.1, -0.05) is 73.5 Å². The van der Waals surface area contributed by atoms with Crippen LogP contribution in [0.15, 0.2) is 60.7 Å². The van der Waals surface area contributed by atoms with Crippen molar-refractivity contribution in [1.29, 1.82) is 0 Å². The molecule has 26 heavy (non-hydrogen) atoms. The molecule has 0 radical (unpaired) electrons. The molecule has 0 aromatic heterocycles. The van der Waals surface area contributed by atoms with E-state index in [0.29, 0.717) is 18.4 Å². The quantitative estimate of drug-likeness (QED) is 0.726. The molecular formula is C24H29NO. The topological polar surface area (TPSA) is 20.3 Å². The van der Waals surface area contributed by atoms with Crippen LogP contribution in [-0.4, -0.2) is 23.4 Å². The van der Waals surface area contributed by atoms with Crippen molar-refractivity contribution >= 4 is 5.91 Å². The van der Waals surface area contributed by atoms with Gasteiger partial charge in [-0.25, -0.2) is 0 Å². The van der Waals surface area contributed by atoms with Gasteiger partial charge in [-0.05, 0) is 42.7 Å². The summed E-state index contributed by atoms with van der Waals surface area (Å²) in [5.41, 5.74) is 2.48. The number of benzene rings is 2. The number of carbonyl (C=O) groups excluding carboxylic acids is 1. The Bertz CT molecular complexity index is 670. The van der Waals surface area contributed by atoms with Crippen LogP contribution in [0.1, 0.15) is 62.0 Å². The van der Waals surface area contributed by atoms with E-state index in [1.807, 2.05) is 12.1 Å². The van der Waals surface area contributed by atoms with Gasteiger partial charge in [0, 0.05) is 24.9 Å². The third-order valence-electron chi connectivity index (χ3n) is 6.35. The number of hydrogen-bond acceptors (Lipinski definition) is 1. The minimum atomic E-state index is 0.147. The summed E-state index contributed by atoms with van der Waals surface area (Å²) in [6.45, 7) is 0.955.